The Hall–Kier alpha value is -1.19. The van der Waals surface area contributed by atoms with Crippen LogP contribution in [-0.4, -0.2) is 7.11 Å². The van der Waals surface area contributed by atoms with Gasteiger partial charge in [-0.05, 0) is 23.2 Å². The van der Waals surface area contributed by atoms with E-state index >= 15 is 0 Å². The first-order chi connectivity index (χ1) is 6.31. The first kappa shape index (κ1) is 9.89. The minimum Gasteiger partial charge on any atom is -0.496 e. The molecule has 1 aromatic rings. The lowest BCUT2D eigenvalue weighted by molar-refractivity contribution is 0.416. The smallest absolute Gasteiger partial charge is 0.128 e. The third kappa shape index (κ3) is 2.37. The zero-order valence-corrected chi connectivity index (χ0v) is 8.65. The minimum absolute atomic E-state index is 0.509. The molecular weight excluding hydrogens is 234 g/mol. The van der Waals surface area contributed by atoms with Crippen molar-refractivity contribution in [2.45, 2.75) is 5.33 Å². The lowest BCUT2D eigenvalue weighted by Gasteiger charge is -2.04. The van der Waals surface area contributed by atoms with E-state index in [1.54, 1.807) is 13.2 Å². The highest BCUT2D eigenvalue weighted by Crippen LogP contribution is 2.29. The first-order valence-corrected chi connectivity index (χ1v) is 4.72. The number of nitrogens with zero attached hydrogens (tertiary/aromatic N) is 3. The zero-order chi connectivity index (χ0) is 9.68. The average molecular weight is 242 g/mol. The van der Waals surface area contributed by atoms with Crippen molar-refractivity contribution in [3.05, 3.63) is 34.2 Å². The van der Waals surface area contributed by atoms with Gasteiger partial charge in [-0.25, -0.2) is 0 Å². The van der Waals surface area contributed by atoms with E-state index in [9.17, 15) is 0 Å². The number of hydrogen-bond acceptors (Lipinski definition) is 2. The van der Waals surface area contributed by atoms with Gasteiger partial charge < -0.3 is 4.74 Å². The summed E-state index contributed by atoms with van der Waals surface area (Å²) in [5, 5.41) is 4.24. The highest BCUT2D eigenvalue weighted by atomic mass is 79.9. The summed E-state index contributed by atoms with van der Waals surface area (Å²) in [6, 6.07) is 5.44. The van der Waals surface area contributed by atoms with E-state index in [1.165, 1.54) is 0 Å². The van der Waals surface area contributed by atoms with Gasteiger partial charge in [0.05, 0.1) is 12.8 Å². The molecule has 0 radical (unpaired) electrons. The number of methoxy groups -OCH3 is 1. The molecule has 0 aliphatic rings. The summed E-state index contributed by atoms with van der Waals surface area (Å²) in [5.41, 5.74) is 9.85. The van der Waals surface area contributed by atoms with E-state index in [0.717, 1.165) is 10.9 Å². The predicted molar refractivity (Wildman–Crippen MR) is 54.4 cm³/mol. The monoisotopic (exact) mass is 241 g/mol. The number of rotatable bonds is 3. The molecular formula is C8H8BrN3O. The van der Waals surface area contributed by atoms with E-state index in [-0.39, 0.29) is 0 Å². The summed E-state index contributed by atoms with van der Waals surface area (Å²) in [6.07, 6.45) is 0. The van der Waals surface area contributed by atoms with Gasteiger partial charge in [-0.2, -0.15) is 0 Å². The van der Waals surface area contributed by atoms with Crippen molar-refractivity contribution in [3.8, 4) is 5.75 Å². The van der Waals surface area contributed by atoms with Crippen LogP contribution < -0.4 is 4.74 Å². The molecule has 0 saturated heterocycles. The van der Waals surface area contributed by atoms with Gasteiger partial charge in [0.25, 0.3) is 0 Å². The fourth-order valence-electron chi connectivity index (χ4n) is 0.936. The van der Waals surface area contributed by atoms with Crippen LogP contribution in [0.2, 0.25) is 0 Å². The van der Waals surface area contributed by atoms with Gasteiger partial charge in [-0.1, -0.05) is 27.1 Å². The third-order valence-electron chi connectivity index (χ3n) is 1.55. The van der Waals surface area contributed by atoms with Crippen LogP contribution in [0, 0.1) is 0 Å². The Morgan fingerprint density at radius 3 is 2.92 bits per heavy atom. The average Bonchev–Trinajstić information content (AvgIpc) is 2.19. The van der Waals surface area contributed by atoms with Crippen molar-refractivity contribution >= 4 is 21.6 Å². The Kier molecular flexibility index (Phi) is 3.61. The Labute approximate surface area is 84.3 Å². The molecule has 0 aliphatic carbocycles. The van der Waals surface area contributed by atoms with Gasteiger partial charge in [0.2, 0.25) is 0 Å². The second-order valence-electron chi connectivity index (χ2n) is 2.33. The van der Waals surface area contributed by atoms with E-state index in [2.05, 4.69) is 26.0 Å². The van der Waals surface area contributed by atoms with Gasteiger partial charge in [-0.3, -0.25) is 0 Å². The van der Waals surface area contributed by atoms with E-state index in [1.807, 2.05) is 12.1 Å². The second-order valence-corrected chi connectivity index (χ2v) is 2.89. The molecule has 0 spiro atoms. The molecule has 1 rings (SSSR count). The lowest BCUT2D eigenvalue weighted by atomic mass is 10.2. The normalized spacial score (nSPS) is 9.08. The van der Waals surface area contributed by atoms with Gasteiger partial charge in [-0.15, -0.1) is 0 Å². The molecule has 0 amide bonds. The second kappa shape index (κ2) is 4.74. The maximum atomic E-state index is 8.26. The number of halogens is 1. The SMILES string of the molecule is COc1cc(CBr)ccc1N=[N+]=[N-]. The molecule has 5 heteroatoms. The van der Waals surface area contributed by atoms with Gasteiger partial charge >= 0.3 is 0 Å². The molecule has 0 saturated carbocycles. The van der Waals surface area contributed by atoms with Crippen molar-refractivity contribution < 1.29 is 4.74 Å². The van der Waals surface area contributed by atoms with Crippen LogP contribution in [0.25, 0.3) is 10.4 Å². The van der Waals surface area contributed by atoms with Crippen LogP contribution in [0.5, 0.6) is 5.75 Å². The van der Waals surface area contributed by atoms with Gasteiger partial charge in [0.15, 0.2) is 0 Å². The fraction of sp³-hybridized carbons (Fsp3) is 0.250. The summed E-state index contributed by atoms with van der Waals surface area (Å²) >= 11 is 3.33. The van der Waals surface area contributed by atoms with Crippen molar-refractivity contribution in [3.63, 3.8) is 0 Å². The van der Waals surface area contributed by atoms with Crippen LogP contribution in [-0.2, 0) is 5.33 Å². The molecule has 0 aromatic heterocycles. The standard InChI is InChI=1S/C8H8BrN3O/c1-13-8-4-6(5-9)2-3-7(8)11-12-10/h2-4H,5H2,1H3. The molecule has 0 N–H and O–H groups in total. The van der Waals surface area contributed by atoms with Crippen LogP contribution in [0.15, 0.2) is 23.3 Å². The van der Waals surface area contributed by atoms with Crippen molar-refractivity contribution in [1.29, 1.82) is 0 Å². The number of alkyl halides is 1. The molecule has 68 valence electrons. The molecule has 4 nitrogen and oxygen atoms in total. The van der Waals surface area contributed by atoms with Crippen LogP contribution in [0.3, 0.4) is 0 Å². The fourth-order valence-corrected chi connectivity index (χ4v) is 1.28. The number of ether oxygens (including phenoxy) is 1. The summed E-state index contributed by atoms with van der Waals surface area (Å²) < 4.78 is 5.05. The maximum Gasteiger partial charge on any atom is 0.128 e. The summed E-state index contributed by atoms with van der Waals surface area (Å²) in [7, 11) is 1.55. The Bertz CT molecular complexity index is 347. The van der Waals surface area contributed by atoms with Crippen molar-refractivity contribution in [2.24, 2.45) is 5.11 Å². The zero-order valence-electron chi connectivity index (χ0n) is 7.07. The first-order valence-electron chi connectivity index (χ1n) is 3.59. The minimum atomic E-state index is 0.509. The Morgan fingerprint density at radius 2 is 2.38 bits per heavy atom. The molecule has 0 unspecified atom stereocenters. The molecule has 0 heterocycles. The summed E-state index contributed by atoms with van der Waals surface area (Å²) in [5.74, 6) is 0.592. The maximum absolute atomic E-state index is 8.26. The summed E-state index contributed by atoms with van der Waals surface area (Å²) in [4.78, 5) is 2.70. The van der Waals surface area contributed by atoms with Gasteiger partial charge in [0.1, 0.15) is 5.75 Å². The number of benzene rings is 1. The van der Waals surface area contributed by atoms with E-state index in [4.69, 9.17) is 10.3 Å². The molecule has 0 aliphatic heterocycles. The van der Waals surface area contributed by atoms with E-state index < -0.39 is 0 Å². The third-order valence-corrected chi connectivity index (χ3v) is 2.20. The predicted octanol–water partition coefficient (Wildman–Crippen LogP) is 3.53. The number of hydrogen-bond donors (Lipinski definition) is 0. The molecule has 13 heavy (non-hydrogen) atoms. The highest BCUT2D eigenvalue weighted by Gasteiger charge is 2.01. The van der Waals surface area contributed by atoms with Crippen molar-refractivity contribution in [2.75, 3.05) is 7.11 Å². The Morgan fingerprint density at radius 1 is 1.62 bits per heavy atom. The lowest BCUT2D eigenvalue weighted by Crippen LogP contribution is -1.85. The molecule has 1 aromatic carbocycles. The van der Waals surface area contributed by atoms with Gasteiger partial charge in [0, 0.05) is 10.2 Å². The molecule has 0 bridgehead atoms. The summed E-state index contributed by atoms with van der Waals surface area (Å²) in [6.45, 7) is 0. The largest absolute Gasteiger partial charge is 0.496 e. The van der Waals surface area contributed by atoms with Crippen molar-refractivity contribution in [1.82, 2.24) is 0 Å². The van der Waals surface area contributed by atoms with Crippen LogP contribution in [0.4, 0.5) is 5.69 Å². The van der Waals surface area contributed by atoms with E-state index in [0.29, 0.717) is 11.4 Å². The quantitative estimate of drug-likeness (QED) is 0.346. The Balaban J connectivity index is 3.15. The van der Waals surface area contributed by atoms with Crippen LogP contribution >= 0.6 is 15.9 Å². The number of azide groups is 1. The molecule has 0 atom stereocenters. The topological polar surface area (TPSA) is 58.0 Å². The molecule has 0 fully saturated rings. The highest BCUT2D eigenvalue weighted by molar-refractivity contribution is 9.08. The van der Waals surface area contributed by atoms with Crippen LogP contribution in [0.1, 0.15) is 5.56 Å².